The van der Waals surface area contributed by atoms with Crippen LogP contribution >= 0.6 is 0 Å². The summed E-state index contributed by atoms with van der Waals surface area (Å²) in [5.41, 5.74) is 6.95. The fourth-order valence-electron chi connectivity index (χ4n) is 1.73. The Kier molecular flexibility index (Phi) is 7.31. The van der Waals surface area contributed by atoms with Crippen molar-refractivity contribution in [1.82, 2.24) is 10.6 Å². The highest BCUT2D eigenvalue weighted by Gasteiger charge is 2.11. The maximum Gasteiger partial charge on any atom is 0.251 e. The van der Waals surface area contributed by atoms with E-state index in [-0.39, 0.29) is 18.4 Å². The van der Waals surface area contributed by atoms with E-state index in [2.05, 4.69) is 10.6 Å². The Balaban J connectivity index is 2.48. The molecular formula is C14H21N3O3. The number of rotatable bonds is 8. The van der Waals surface area contributed by atoms with E-state index in [4.69, 9.17) is 10.5 Å². The first-order chi connectivity index (χ1) is 9.69. The lowest BCUT2D eigenvalue weighted by atomic mass is 10.0. The second kappa shape index (κ2) is 9.06. The summed E-state index contributed by atoms with van der Waals surface area (Å²) >= 11 is 0. The third kappa shape index (κ3) is 5.38. The van der Waals surface area contributed by atoms with Crippen molar-refractivity contribution in [2.45, 2.75) is 6.42 Å². The highest BCUT2D eigenvalue weighted by molar-refractivity contribution is 5.97. The molecule has 0 saturated carbocycles. The second-order valence-electron chi connectivity index (χ2n) is 4.22. The van der Waals surface area contributed by atoms with Crippen LogP contribution in [0.15, 0.2) is 24.3 Å². The average molecular weight is 279 g/mol. The number of nitrogens with one attached hydrogen (secondary N) is 2. The predicted molar refractivity (Wildman–Crippen MR) is 76.4 cm³/mol. The monoisotopic (exact) mass is 279 g/mol. The largest absolute Gasteiger partial charge is 0.383 e. The minimum atomic E-state index is -0.268. The van der Waals surface area contributed by atoms with Crippen LogP contribution in [0.4, 0.5) is 0 Å². The van der Waals surface area contributed by atoms with Crippen molar-refractivity contribution in [3.8, 4) is 0 Å². The zero-order valence-corrected chi connectivity index (χ0v) is 11.6. The summed E-state index contributed by atoms with van der Waals surface area (Å²) in [5, 5.41) is 5.22. The highest BCUT2D eigenvalue weighted by Crippen LogP contribution is 2.08. The number of carbonyl (C=O) groups is 2. The highest BCUT2D eigenvalue weighted by atomic mass is 16.5. The Labute approximate surface area is 118 Å². The van der Waals surface area contributed by atoms with Crippen LogP contribution in [0.25, 0.3) is 0 Å². The lowest BCUT2D eigenvalue weighted by molar-refractivity contribution is -0.120. The first-order valence-electron chi connectivity index (χ1n) is 6.50. The molecule has 0 atom stereocenters. The molecule has 0 heterocycles. The van der Waals surface area contributed by atoms with Crippen molar-refractivity contribution in [3.63, 3.8) is 0 Å². The maximum atomic E-state index is 12.0. The van der Waals surface area contributed by atoms with Crippen LogP contribution in [0.2, 0.25) is 0 Å². The SMILES string of the molecule is COCCNC(=O)CNC(=O)c1ccccc1CCN. The van der Waals surface area contributed by atoms with Crippen LogP contribution in [0.5, 0.6) is 0 Å². The average Bonchev–Trinajstić information content (AvgIpc) is 2.46. The molecule has 110 valence electrons. The van der Waals surface area contributed by atoms with Gasteiger partial charge in [-0.25, -0.2) is 0 Å². The number of hydrogen-bond acceptors (Lipinski definition) is 4. The molecule has 1 aromatic carbocycles. The summed E-state index contributed by atoms with van der Waals surface area (Å²) in [6, 6.07) is 7.23. The first kappa shape index (κ1) is 16.1. The van der Waals surface area contributed by atoms with Gasteiger partial charge in [0.05, 0.1) is 13.2 Å². The Bertz CT molecular complexity index is 449. The van der Waals surface area contributed by atoms with Gasteiger partial charge in [-0.2, -0.15) is 0 Å². The van der Waals surface area contributed by atoms with Gasteiger partial charge in [-0.15, -0.1) is 0 Å². The molecule has 0 saturated heterocycles. The predicted octanol–water partition coefficient (Wildman–Crippen LogP) is -0.320. The van der Waals surface area contributed by atoms with Crippen LogP contribution in [0.1, 0.15) is 15.9 Å². The summed E-state index contributed by atoms with van der Waals surface area (Å²) in [6.07, 6.45) is 0.629. The molecule has 20 heavy (non-hydrogen) atoms. The summed E-state index contributed by atoms with van der Waals surface area (Å²) in [6.45, 7) is 1.29. The third-order valence-electron chi connectivity index (χ3n) is 2.71. The van der Waals surface area contributed by atoms with E-state index < -0.39 is 0 Å². The lowest BCUT2D eigenvalue weighted by Crippen LogP contribution is -2.38. The normalized spacial score (nSPS) is 10.1. The van der Waals surface area contributed by atoms with E-state index in [1.54, 1.807) is 19.2 Å². The smallest absolute Gasteiger partial charge is 0.251 e. The van der Waals surface area contributed by atoms with E-state index >= 15 is 0 Å². The first-order valence-corrected chi connectivity index (χ1v) is 6.50. The molecule has 0 aliphatic rings. The van der Waals surface area contributed by atoms with Gasteiger partial charge in [-0.05, 0) is 24.6 Å². The lowest BCUT2D eigenvalue weighted by Gasteiger charge is -2.09. The Morgan fingerprint density at radius 1 is 1.25 bits per heavy atom. The van der Waals surface area contributed by atoms with Gasteiger partial charge in [0.15, 0.2) is 0 Å². The number of benzene rings is 1. The summed E-state index contributed by atoms with van der Waals surface area (Å²) < 4.78 is 4.82. The molecule has 0 aliphatic carbocycles. The van der Waals surface area contributed by atoms with Gasteiger partial charge in [-0.1, -0.05) is 18.2 Å². The number of nitrogens with two attached hydrogens (primary N) is 1. The minimum absolute atomic E-state index is 0.0560. The zero-order valence-electron chi connectivity index (χ0n) is 11.6. The van der Waals surface area contributed by atoms with Crippen molar-refractivity contribution in [1.29, 1.82) is 0 Å². The van der Waals surface area contributed by atoms with Crippen LogP contribution < -0.4 is 16.4 Å². The Hall–Kier alpha value is -1.92. The number of methoxy groups -OCH3 is 1. The van der Waals surface area contributed by atoms with Crippen molar-refractivity contribution in [2.24, 2.45) is 5.73 Å². The van der Waals surface area contributed by atoms with Crippen molar-refractivity contribution < 1.29 is 14.3 Å². The molecule has 0 unspecified atom stereocenters. The number of amides is 2. The summed E-state index contributed by atoms with van der Waals surface area (Å²) in [5.74, 6) is -0.511. The molecule has 0 bridgehead atoms. The van der Waals surface area contributed by atoms with E-state index in [1.807, 2.05) is 12.1 Å². The molecule has 0 spiro atoms. The molecule has 0 fully saturated rings. The topological polar surface area (TPSA) is 93.5 Å². The van der Waals surface area contributed by atoms with E-state index in [0.29, 0.717) is 31.7 Å². The number of carbonyl (C=O) groups excluding carboxylic acids is 2. The van der Waals surface area contributed by atoms with Gasteiger partial charge in [0.1, 0.15) is 0 Å². The summed E-state index contributed by atoms with van der Waals surface area (Å²) in [4.78, 5) is 23.5. The third-order valence-corrected chi connectivity index (χ3v) is 2.71. The molecule has 1 aromatic rings. The van der Waals surface area contributed by atoms with Gasteiger partial charge in [0.2, 0.25) is 5.91 Å². The molecule has 0 radical (unpaired) electrons. The Morgan fingerprint density at radius 2 is 2.00 bits per heavy atom. The van der Waals surface area contributed by atoms with Gasteiger partial charge in [0.25, 0.3) is 5.91 Å². The van der Waals surface area contributed by atoms with Crippen molar-refractivity contribution in [3.05, 3.63) is 35.4 Å². The quantitative estimate of drug-likeness (QED) is 0.569. The molecule has 0 aliphatic heterocycles. The van der Waals surface area contributed by atoms with Crippen LogP contribution in [0, 0.1) is 0 Å². The molecule has 2 amide bonds. The summed E-state index contributed by atoms with van der Waals surface area (Å²) in [7, 11) is 1.56. The van der Waals surface area contributed by atoms with Crippen LogP contribution in [-0.2, 0) is 16.0 Å². The number of hydrogen-bond donors (Lipinski definition) is 3. The van der Waals surface area contributed by atoms with Crippen molar-refractivity contribution >= 4 is 11.8 Å². The number of ether oxygens (including phenoxy) is 1. The Morgan fingerprint density at radius 3 is 2.70 bits per heavy atom. The van der Waals surface area contributed by atoms with E-state index in [9.17, 15) is 9.59 Å². The molecule has 6 heteroatoms. The molecular weight excluding hydrogens is 258 g/mol. The van der Waals surface area contributed by atoms with Gasteiger partial charge in [-0.3, -0.25) is 9.59 Å². The fraction of sp³-hybridized carbons (Fsp3) is 0.429. The fourth-order valence-corrected chi connectivity index (χ4v) is 1.73. The van der Waals surface area contributed by atoms with Crippen molar-refractivity contribution in [2.75, 3.05) is 33.4 Å². The van der Waals surface area contributed by atoms with Crippen LogP contribution in [-0.4, -0.2) is 45.2 Å². The van der Waals surface area contributed by atoms with Gasteiger partial charge in [0, 0.05) is 19.2 Å². The molecule has 0 aromatic heterocycles. The molecule has 1 rings (SSSR count). The van der Waals surface area contributed by atoms with Gasteiger partial charge < -0.3 is 21.1 Å². The molecule has 4 N–H and O–H groups in total. The van der Waals surface area contributed by atoms with Crippen LogP contribution in [0.3, 0.4) is 0 Å². The van der Waals surface area contributed by atoms with E-state index in [0.717, 1.165) is 5.56 Å². The zero-order chi connectivity index (χ0) is 14.8. The minimum Gasteiger partial charge on any atom is -0.383 e. The molecule has 6 nitrogen and oxygen atoms in total. The van der Waals surface area contributed by atoms with E-state index in [1.165, 1.54) is 0 Å². The second-order valence-corrected chi connectivity index (χ2v) is 4.22. The standard InChI is InChI=1S/C14H21N3O3/c1-20-9-8-16-13(18)10-17-14(19)12-5-3-2-4-11(12)6-7-15/h2-5H,6-10,15H2,1H3,(H,16,18)(H,17,19). The maximum absolute atomic E-state index is 12.0. The van der Waals surface area contributed by atoms with Gasteiger partial charge >= 0.3 is 0 Å².